The van der Waals surface area contributed by atoms with Crippen molar-refractivity contribution in [3.8, 4) is 5.75 Å². The monoisotopic (exact) mass is 618 g/mol. The van der Waals surface area contributed by atoms with Gasteiger partial charge in [0.25, 0.3) is 0 Å². The van der Waals surface area contributed by atoms with Crippen molar-refractivity contribution in [3.05, 3.63) is 71.3 Å². The Hall–Kier alpha value is -3.90. The molecule has 240 valence electrons. The van der Waals surface area contributed by atoms with Gasteiger partial charge in [-0.15, -0.1) is 0 Å². The van der Waals surface area contributed by atoms with Gasteiger partial charge in [0.05, 0.1) is 17.7 Å². The van der Waals surface area contributed by atoms with Gasteiger partial charge in [0, 0.05) is 32.1 Å². The molecule has 2 unspecified atom stereocenters. The van der Waals surface area contributed by atoms with E-state index in [1.54, 1.807) is 12.2 Å². The number of carbonyl (C=O) groups excluding carboxylic acids is 3. The number of halogens is 3. The van der Waals surface area contributed by atoms with E-state index in [0.717, 1.165) is 17.7 Å². The van der Waals surface area contributed by atoms with E-state index in [-0.39, 0.29) is 25.5 Å². The standard InChI is InChI=1S/C32H41F3N4O5/c1-5-20(2)27-31(43)39(4)28(21(3)40)30(42)38-25(19-22-12-14-24(15-13-22)32(33,34)35)29(41)37-16-8-10-23-9-6-7-11-26(23)44-18-17-36-27/h6-15,20-21,25,27-28,36,40H,5,16-19H2,1-4H3,(H,37,41)(H,38,42)/b10-8+/t20?,21?,25-,27+,28+/m1/s1. The fraction of sp³-hybridized carbons (Fsp3) is 0.469. The average molecular weight is 619 g/mol. The van der Waals surface area contributed by atoms with Crippen molar-refractivity contribution >= 4 is 23.8 Å². The molecule has 0 spiro atoms. The normalized spacial score (nSPS) is 23.2. The number of fused-ring (bicyclic) bond motifs is 1. The molecule has 2 aromatic rings. The predicted octanol–water partition coefficient (Wildman–Crippen LogP) is 3.17. The number of benzene rings is 2. The van der Waals surface area contributed by atoms with E-state index in [4.69, 9.17) is 4.74 Å². The van der Waals surface area contributed by atoms with Crippen LogP contribution in [-0.2, 0) is 27.0 Å². The number of rotatable bonds is 5. The van der Waals surface area contributed by atoms with E-state index in [0.29, 0.717) is 24.3 Å². The highest BCUT2D eigenvalue weighted by Crippen LogP contribution is 2.29. The van der Waals surface area contributed by atoms with Crippen LogP contribution in [-0.4, -0.2) is 78.7 Å². The highest BCUT2D eigenvalue weighted by Gasteiger charge is 2.37. The molecule has 12 heteroatoms. The minimum Gasteiger partial charge on any atom is -0.492 e. The molecule has 1 aliphatic rings. The second kappa shape index (κ2) is 15.7. The number of amides is 3. The number of aliphatic hydroxyl groups excluding tert-OH is 1. The summed E-state index contributed by atoms with van der Waals surface area (Å²) in [5.41, 5.74) is 0.306. The van der Waals surface area contributed by atoms with Crippen molar-refractivity contribution < 1.29 is 37.4 Å². The number of alkyl halides is 3. The molecule has 0 bridgehead atoms. The second-order valence-electron chi connectivity index (χ2n) is 10.9. The van der Waals surface area contributed by atoms with Gasteiger partial charge < -0.3 is 30.7 Å². The molecule has 0 aromatic heterocycles. The van der Waals surface area contributed by atoms with E-state index in [9.17, 15) is 32.7 Å². The highest BCUT2D eigenvalue weighted by molar-refractivity contribution is 5.93. The third kappa shape index (κ3) is 9.30. The maximum atomic E-state index is 13.7. The number of aliphatic hydroxyl groups is 1. The largest absolute Gasteiger partial charge is 0.492 e. The summed E-state index contributed by atoms with van der Waals surface area (Å²) in [6.45, 7) is 5.89. The minimum atomic E-state index is -4.52. The predicted molar refractivity (Wildman–Crippen MR) is 161 cm³/mol. The van der Waals surface area contributed by atoms with Gasteiger partial charge >= 0.3 is 6.18 Å². The Morgan fingerprint density at radius 3 is 2.36 bits per heavy atom. The zero-order valence-corrected chi connectivity index (χ0v) is 25.4. The van der Waals surface area contributed by atoms with Crippen molar-refractivity contribution in [2.75, 3.05) is 26.7 Å². The summed E-state index contributed by atoms with van der Waals surface area (Å²) < 4.78 is 45.2. The zero-order chi connectivity index (χ0) is 32.4. The van der Waals surface area contributed by atoms with Crippen LogP contribution in [0.2, 0.25) is 0 Å². The van der Waals surface area contributed by atoms with Gasteiger partial charge in [-0.05, 0) is 36.6 Å². The summed E-state index contributed by atoms with van der Waals surface area (Å²) in [4.78, 5) is 41.8. The molecule has 2 aromatic carbocycles. The van der Waals surface area contributed by atoms with E-state index in [1.807, 2.05) is 38.1 Å². The van der Waals surface area contributed by atoms with Gasteiger partial charge in [0.1, 0.15) is 24.4 Å². The fourth-order valence-corrected chi connectivity index (χ4v) is 4.97. The zero-order valence-electron chi connectivity index (χ0n) is 25.4. The molecule has 0 radical (unpaired) electrons. The van der Waals surface area contributed by atoms with Gasteiger partial charge in [0.2, 0.25) is 17.7 Å². The first-order chi connectivity index (χ1) is 20.8. The number of hydrogen-bond acceptors (Lipinski definition) is 6. The molecule has 0 saturated heterocycles. The highest BCUT2D eigenvalue weighted by atomic mass is 19.4. The van der Waals surface area contributed by atoms with Crippen LogP contribution in [0.3, 0.4) is 0 Å². The summed E-state index contributed by atoms with van der Waals surface area (Å²) in [5.74, 6) is -1.30. The molecule has 0 saturated carbocycles. The van der Waals surface area contributed by atoms with Crippen LogP contribution in [0.25, 0.3) is 6.08 Å². The summed E-state index contributed by atoms with van der Waals surface area (Å²) in [6.07, 6.45) is -1.81. The lowest BCUT2D eigenvalue weighted by Gasteiger charge is -2.35. The molecule has 1 heterocycles. The van der Waals surface area contributed by atoms with Gasteiger partial charge in [-0.2, -0.15) is 13.2 Å². The first-order valence-electron chi connectivity index (χ1n) is 14.6. The van der Waals surface area contributed by atoms with Gasteiger partial charge in [-0.25, -0.2) is 0 Å². The number of likely N-dealkylation sites (N-methyl/N-ethyl adjacent to an activating group) is 1. The summed E-state index contributed by atoms with van der Waals surface area (Å²) in [6, 6.07) is 8.39. The smallest absolute Gasteiger partial charge is 0.416 e. The maximum absolute atomic E-state index is 13.7. The first kappa shape index (κ1) is 34.6. The van der Waals surface area contributed by atoms with Crippen molar-refractivity contribution in [2.45, 2.75) is 64.0 Å². The molecule has 0 aliphatic carbocycles. The van der Waals surface area contributed by atoms with Crippen LogP contribution in [0.1, 0.15) is 43.9 Å². The van der Waals surface area contributed by atoms with Crippen LogP contribution < -0.4 is 20.7 Å². The van der Waals surface area contributed by atoms with Crippen molar-refractivity contribution in [3.63, 3.8) is 0 Å². The number of hydrogen-bond donors (Lipinski definition) is 4. The molecule has 3 rings (SSSR count). The van der Waals surface area contributed by atoms with Crippen LogP contribution in [0, 0.1) is 5.92 Å². The third-order valence-electron chi connectivity index (χ3n) is 7.66. The SMILES string of the molecule is CCC(C)[C@@H]1NCCOc2ccccc2/C=C/CNC(=O)[C@@H](Cc2ccc(C(F)(F)F)cc2)NC(=O)[C@H](C(C)O)N(C)C1=O. The molecule has 1 aliphatic heterocycles. The van der Waals surface area contributed by atoms with Gasteiger partial charge in [0.15, 0.2) is 0 Å². The Morgan fingerprint density at radius 2 is 1.73 bits per heavy atom. The quantitative estimate of drug-likeness (QED) is 0.409. The third-order valence-corrected chi connectivity index (χ3v) is 7.66. The maximum Gasteiger partial charge on any atom is 0.416 e. The molecule has 44 heavy (non-hydrogen) atoms. The lowest BCUT2D eigenvalue weighted by molar-refractivity contribution is -0.146. The Kier molecular flexibility index (Phi) is 12.4. The summed E-state index contributed by atoms with van der Waals surface area (Å²) in [5, 5.41) is 19.2. The number of ether oxygens (including phenoxy) is 1. The topological polar surface area (TPSA) is 120 Å². The first-order valence-corrected chi connectivity index (χ1v) is 14.6. The van der Waals surface area contributed by atoms with Crippen LogP contribution in [0.4, 0.5) is 13.2 Å². The van der Waals surface area contributed by atoms with Crippen molar-refractivity contribution in [2.24, 2.45) is 5.92 Å². The summed E-state index contributed by atoms with van der Waals surface area (Å²) in [7, 11) is 1.41. The molecule has 5 atom stereocenters. The Labute approximate surface area is 255 Å². The fourth-order valence-electron chi connectivity index (χ4n) is 4.97. The molecule has 3 amide bonds. The van der Waals surface area contributed by atoms with Crippen LogP contribution >= 0.6 is 0 Å². The lowest BCUT2D eigenvalue weighted by Crippen LogP contribution is -2.61. The van der Waals surface area contributed by atoms with Crippen molar-refractivity contribution in [1.82, 2.24) is 20.9 Å². The molecule has 0 fully saturated rings. The van der Waals surface area contributed by atoms with Crippen LogP contribution in [0.15, 0.2) is 54.6 Å². The van der Waals surface area contributed by atoms with Gasteiger partial charge in [-0.1, -0.05) is 62.8 Å². The Bertz CT molecular complexity index is 1300. The second-order valence-corrected chi connectivity index (χ2v) is 10.9. The Morgan fingerprint density at radius 1 is 1.05 bits per heavy atom. The number of carbonyl (C=O) groups is 3. The van der Waals surface area contributed by atoms with E-state index in [2.05, 4.69) is 16.0 Å². The summed E-state index contributed by atoms with van der Waals surface area (Å²) >= 11 is 0. The number of nitrogens with one attached hydrogen (secondary N) is 3. The van der Waals surface area contributed by atoms with E-state index >= 15 is 0 Å². The lowest BCUT2D eigenvalue weighted by atomic mass is 9.96. The Balaban J connectivity index is 1.97. The number of para-hydroxylation sites is 1. The van der Waals surface area contributed by atoms with Gasteiger partial charge in [-0.3, -0.25) is 14.4 Å². The number of nitrogens with zero attached hydrogens (tertiary/aromatic N) is 1. The van der Waals surface area contributed by atoms with Crippen molar-refractivity contribution in [1.29, 1.82) is 0 Å². The van der Waals surface area contributed by atoms with Crippen LogP contribution in [0.5, 0.6) is 5.75 Å². The van der Waals surface area contributed by atoms with E-state index < -0.39 is 53.7 Å². The molecular formula is C32H41F3N4O5. The average Bonchev–Trinajstić information content (AvgIpc) is 2.98. The minimum absolute atomic E-state index is 0.0862. The molecule has 4 N–H and O–H groups in total. The molecule has 9 nitrogen and oxygen atoms in total. The molecular weight excluding hydrogens is 577 g/mol. The van der Waals surface area contributed by atoms with E-state index in [1.165, 1.54) is 31.0 Å².